The van der Waals surface area contributed by atoms with Crippen LogP contribution in [0.2, 0.25) is 0 Å². The number of hydrogen-bond donors (Lipinski definition) is 0. The van der Waals surface area contributed by atoms with E-state index in [9.17, 15) is 19.8 Å². The van der Waals surface area contributed by atoms with Gasteiger partial charge in [-0.05, 0) is 58.7 Å². The normalized spacial score (nSPS) is 9.30. The number of carboxylic acids is 2. The van der Waals surface area contributed by atoms with Crippen LogP contribution in [0.1, 0.15) is 31.8 Å². The first kappa shape index (κ1) is 34.1. The molecule has 43 heavy (non-hydrogen) atoms. The fourth-order valence-corrected chi connectivity index (χ4v) is 3.50. The molecule has 0 N–H and O–H groups in total. The molecule has 212 valence electrons. The fraction of sp³-hybridized carbons (Fsp3) is 0.0588. The minimum atomic E-state index is -1.13. The Bertz CT molecular complexity index is 1430. The van der Waals surface area contributed by atoms with Crippen LogP contribution in [0.15, 0.2) is 159 Å². The van der Waals surface area contributed by atoms with Crippen LogP contribution in [0.4, 0.5) is 0 Å². The number of carbonyl (C=O) groups excluding carboxylic acids is 2. The number of carbonyl (C=O) groups is 2. The summed E-state index contributed by atoms with van der Waals surface area (Å²) in [6, 6.07) is 32.3. The van der Waals surface area contributed by atoms with Gasteiger partial charge >= 0.3 is 19.5 Å². The van der Waals surface area contributed by atoms with E-state index in [0.29, 0.717) is 0 Å². The van der Waals surface area contributed by atoms with E-state index in [2.05, 4.69) is 31.2 Å². The molecule has 0 spiro atoms. The third kappa shape index (κ3) is 13.9. The van der Waals surface area contributed by atoms with Crippen molar-refractivity contribution in [1.82, 2.24) is 19.1 Å². The van der Waals surface area contributed by atoms with Gasteiger partial charge in [0, 0.05) is 62.7 Å². The van der Waals surface area contributed by atoms with Crippen LogP contribution in [0.25, 0.3) is 0 Å². The Morgan fingerprint density at radius 1 is 0.512 bits per heavy atom. The maximum Gasteiger partial charge on any atom is 2.00 e. The molecule has 0 saturated heterocycles. The topological polar surface area (TPSA) is 116 Å². The Balaban J connectivity index is 0.000000201. The molecule has 0 fully saturated rings. The number of benzene rings is 2. The largest absolute Gasteiger partial charge is 2.00 e. The van der Waals surface area contributed by atoms with E-state index >= 15 is 0 Å². The van der Waals surface area contributed by atoms with Crippen molar-refractivity contribution in [3.63, 3.8) is 0 Å². The number of rotatable bonds is 6. The Morgan fingerprint density at radius 2 is 0.860 bits per heavy atom. The zero-order chi connectivity index (χ0) is 29.8. The van der Waals surface area contributed by atoms with Crippen LogP contribution in [0, 0.1) is 0 Å². The Morgan fingerprint density at radius 3 is 1.12 bits per heavy atom. The van der Waals surface area contributed by atoms with Crippen LogP contribution < -0.4 is 10.2 Å². The van der Waals surface area contributed by atoms with Gasteiger partial charge in [0.05, 0.1) is 11.9 Å². The van der Waals surface area contributed by atoms with Crippen molar-refractivity contribution in [2.45, 2.75) is 13.1 Å². The number of aromatic carboxylic acids is 2. The van der Waals surface area contributed by atoms with Crippen LogP contribution in [-0.2, 0) is 32.6 Å². The molecular weight excluding hydrogens is 594 g/mol. The second-order valence-electron chi connectivity index (χ2n) is 8.74. The van der Waals surface area contributed by atoms with Crippen molar-refractivity contribution >= 4 is 11.9 Å². The van der Waals surface area contributed by atoms with Gasteiger partial charge in [0.2, 0.25) is 0 Å². The number of aromatic nitrogens is 4. The van der Waals surface area contributed by atoms with Gasteiger partial charge in [-0.2, -0.15) is 0 Å². The molecule has 0 amide bonds. The molecule has 4 heterocycles. The van der Waals surface area contributed by atoms with Crippen molar-refractivity contribution in [1.29, 1.82) is 0 Å². The van der Waals surface area contributed by atoms with Crippen molar-refractivity contribution in [2.24, 2.45) is 0 Å². The van der Waals surface area contributed by atoms with Crippen LogP contribution >= 0.6 is 0 Å². The zero-order valence-corrected chi connectivity index (χ0v) is 26.5. The maximum absolute atomic E-state index is 10.1. The summed E-state index contributed by atoms with van der Waals surface area (Å²) in [5.74, 6) is -2.26. The molecule has 0 atom stereocenters. The number of carboxylic acid groups (broad SMARTS) is 2. The Kier molecular flexibility index (Phi) is 15.7. The predicted molar refractivity (Wildman–Crippen MR) is 157 cm³/mol. The standard InChI is InChI=1S/2C10H10N2.2C7H6O2.Zn/c2*1-2-7-12(6-1)9-10-4-3-5-11-8-10;2*8-7(9)6-4-2-1-3-5-6;/h2*1-8H,9H2;2*1-5H,(H,8,9);/q;;;;+2/p-2. The van der Waals surface area contributed by atoms with Crippen molar-refractivity contribution in [2.75, 3.05) is 0 Å². The minimum Gasteiger partial charge on any atom is -0.545 e. The molecule has 0 bridgehead atoms. The molecule has 6 rings (SSSR count). The Labute approximate surface area is 263 Å². The second-order valence-corrected chi connectivity index (χ2v) is 8.74. The fourth-order valence-electron chi connectivity index (χ4n) is 3.50. The Hall–Kier alpha value is -5.14. The summed E-state index contributed by atoms with van der Waals surface area (Å²) in [6.45, 7) is 1.81. The van der Waals surface area contributed by atoms with Gasteiger partial charge in [-0.15, -0.1) is 0 Å². The zero-order valence-electron chi connectivity index (χ0n) is 23.6. The van der Waals surface area contributed by atoms with Gasteiger partial charge in [0.25, 0.3) is 0 Å². The summed E-state index contributed by atoms with van der Waals surface area (Å²) < 4.78 is 4.24. The molecule has 2 aromatic carbocycles. The summed E-state index contributed by atoms with van der Waals surface area (Å²) in [5, 5.41) is 20.2. The van der Waals surface area contributed by atoms with E-state index in [1.165, 1.54) is 35.4 Å². The van der Waals surface area contributed by atoms with Crippen LogP contribution in [0.5, 0.6) is 0 Å². The molecule has 0 aliphatic heterocycles. The average Bonchev–Trinajstić information content (AvgIpc) is 3.75. The first-order chi connectivity index (χ1) is 20.5. The summed E-state index contributed by atoms with van der Waals surface area (Å²) in [5.41, 5.74) is 2.90. The molecule has 8 nitrogen and oxygen atoms in total. The third-order valence-electron chi connectivity index (χ3n) is 5.53. The second kappa shape index (κ2) is 19.9. The SMILES string of the molecule is O=C([O-])c1ccccc1.O=C([O-])c1ccccc1.[Zn+2].c1cncc(Cn2cccc2)c1.c1cncc(Cn2cccc2)c1. The summed E-state index contributed by atoms with van der Waals surface area (Å²) in [4.78, 5) is 28.3. The molecule has 0 aliphatic rings. The van der Waals surface area contributed by atoms with Crippen molar-refractivity contribution < 1.29 is 39.3 Å². The molecular formula is C34H30N4O4Zn. The quantitative estimate of drug-likeness (QED) is 0.259. The van der Waals surface area contributed by atoms with Gasteiger partial charge in [-0.1, -0.05) is 72.8 Å². The molecule has 0 unspecified atom stereocenters. The number of pyridine rings is 2. The third-order valence-corrected chi connectivity index (χ3v) is 5.53. The molecule has 4 aromatic heterocycles. The molecule has 0 radical (unpaired) electrons. The molecule has 6 aromatic rings. The van der Waals surface area contributed by atoms with E-state index in [1.54, 1.807) is 48.8 Å². The minimum absolute atomic E-state index is 0. The van der Waals surface area contributed by atoms with Gasteiger partial charge in [-0.25, -0.2) is 0 Å². The number of hydrogen-bond acceptors (Lipinski definition) is 6. The molecule has 0 saturated carbocycles. The van der Waals surface area contributed by atoms with E-state index in [0.717, 1.165) is 13.1 Å². The van der Waals surface area contributed by atoms with Crippen molar-refractivity contribution in [3.8, 4) is 0 Å². The van der Waals surface area contributed by atoms with E-state index < -0.39 is 11.9 Å². The first-order valence-corrected chi connectivity index (χ1v) is 13.0. The van der Waals surface area contributed by atoms with E-state index in [1.807, 2.05) is 73.6 Å². The molecule has 0 aliphatic carbocycles. The van der Waals surface area contributed by atoms with Crippen LogP contribution in [-0.4, -0.2) is 31.0 Å². The van der Waals surface area contributed by atoms with Gasteiger partial charge in [0.15, 0.2) is 0 Å². The predicted octanol–water partition coefficient (Wildman–Crippen LogP) is 3.96. The monoisotopic (exact) mass is 622 g/mol. The average molecular weight is 624 g/mol. The van der Waals surface area contributed by atoms with E-state index in [-0.39, 0.29) is 30.6 Å². The number of nitrogens with zero attached hydrogens (tertiary/aromatic N) is 4. The van der Waals surface area contributed by atoms with Gasteiger partial charge < -0.3 is 28.9 Å². The summed E-state index contributed by atoms with van der Waals surface area (Å²) >= 11 is 0. The van der Waals surface area contributed by atoms with Crippen molar-refractivity contribution in [3.05, 3.63) is 181 Å². The van der Waals surface area contributed by atoms with Crippen LogP contribution in [0.3, 0.4) is 0 Å². The summed E-state index contributed by atoms with van der Waals surface area (Å²) in [6.07, 6.45) is 15.6. The maximum atomic E-state index is 10.1. The molecule has 9 heteroatoms. The van der Waals surface area contributed by atoms with Gasteiger partial charge in [-0.3, -0.25) is 9.97 Å². The first-order valence-electron chi connectivity index (χ1n) is 13.0. The summed E-state index contributed by atoms with van der Waals surface area (Å²) in [7, 11) is 0. The smallest absolute Gasteiger partial charge is 0.545 e. The van der Waals surface area contributed by atoms with E-state index in [4.69, 9.17) is 0 Å². The van der Waals surface area contributed by atoms with Gasteiger partial charge in [0.1, 0.15) is 0 Å².